The molecule has 0 saturated heterocycles. The fourth-order valence-electron chi connectivity index (χ4n) is 3.94. The molecule has 0 radical (unpaired) electrons. The molecule has 1 aromatic heterocycles. The van der Waals surface area contributed by atoms with Gasteiger partial charge in [0.1, 0.15) is 29.1 Å². The lowest BCUT2D eigenvalue weighted by Gasteiger charge is -2.12. The second-order valence-corrected chi connectivity index (χ2v) is 8.54. The number of nitrogens with zero attached hydrogens (tertiary/aromatic N) is 3. The minimum atomic E-state index is 0.443. The summed E-state index contributed by atoms with van der Waals surface area (Å²) in [6.45, 7) is 1.63. The van der Waals surface area contributed by atoms with Gasteiger partial charge < -0.3 is 9.47 Å². The molecule has 0 aliphatic carbocycles. The molecular weight excluding hydrogens is 458 g/mol. The Balaban J connectivity index is 1.26. The molecule has 0 amide bonds. The summed E-state index contributed by atoms with van der Waals surface area (Å²) in [5.74, 6) is 0.730. The first kappa shape index (κ1) is 24.2. The van der Waals surface area contributed by atoms with E-state index < -0.39 is 0 Å². The van der Waals surface area contributed by atoms with Crippen LogP contribution in [0.4, 0.5) is 0 Å². The van der Waals surface area contributed by atoms with Crippen LogP contribution in [0.3, 0.4) is 0 Å². The zero-order chi connectivity index (χ0) is 25.1. The predicted molar refractivity (Wildman–Crippen MR) is 150 cm³/mol. The van der Waals surface area contributed by atoms with E-state index in [0.29, 0.717) is 19.8 Å². The molecule has 0 spiro atoms. The predicted octanol–water partition coefficient (Wildman–Crippen LogP) is 6.79. The molecule has 0 atom stereocenters. The van der Waals surface area contributed by atoms with Crippen molar-refractivity contribution in [3.05, 3.63) is 132 Å². The average molecular weight is 488 g/mol. The molecule has 0 bridgehead atoms. The van der Waals surface area contributed by atoms with Gasteiger partial charge in [-0.1, -0.05) is 97.1 Å². The summed E-state index contributed by atoms with van der Waals surface area (Å²) in [5.41, 5.74) is 5.94. The second-order valence-electron chi connectivity index (χ2n) is 8.54. The first-order valence-electron chi connectivity index (χ1n) is 12.4. The molecule has 5 aromatic rings. The second kappa shape index (κ2) is 12.5. The van der Waals surface area contributed by atoms with Crippen LogP contribution in [-0.4, -0.2) is 34.8 Å². The van der Waals surface area contributed by atoms with Crippen molar-refractivity contribution in [2.75, 3.05) is 19.8 Å². The first-order valence-corrected chi connectivity index (χ1v) is 12.4. The van der Waals surface area contributed by atoms with Gasteiger partial charge in [0.15, 0.2) is 0 Å². The Kier molecular flexibility index (Phi) is 8.17. The van der Waals surface area contributed by atoms with Crippen LogP contribution in [0.5, 0.6) is 5.75 Å². The van der Waals surface area contributed by atoms with E-state index in [1.165, 1.54) is 5.56 Å². The zero-order valence-corrected chi connectivity index (χ0v) is 20.6. The van der Waals surface area contributed by atoms with Gasteiger partial charge in [0, 0.05) is 0 Å². The van der Waals surface area contributed by atoms with Crippen molar-refractivity contribution in [3.8, 4) is 11.4 Å². The average Bonchev–Trinajstić information content (AvgIpc) is 3.39. The van der Waals surface area contributed by atoms with Gasteiger partial charge in [-0.05, 0) is 53.5 Å². The lowest BCUT2D eigenvalue weighted by atomic mass is 10.1. The lowest BCUT2D eigenvalue weighted by Crippen LogP contribution is -2.06. The molecular formula is C32H29N3O2. The topological polar surface area (TPSA) is 49.2 Å². The minimum Gasteiger partial charge on any atom is -0.487 e. The number of benzene rings is 4. The van der Waals surface area contributed by atoms with E-state index in [-0.39, 0.29) is 0 Å². The first-order chi connectivity index (χ1) is 18.3. The SMILES string of the molecule is C(=Cc1ccccc1)COCCc1ccc(OCC=Cc2ccccc2)c(-n2nc3ccccc3n2)c1. The Bertz CT molecular complexity index is 1440. The summed E-state index contributed by atoms with van der Waals surface area (Å²) in [6.07, 6.45) is 8.96. The van der Waals surface area contributed by atoms with E-state index in [1.54, 1.807) is 4.80 Å². The molecule has 0 N–H and O–H groups in total. The highest BCUT2D eigenvalue weighted by molar-refractivity contribution is 5.73. The van der Waals surface area contributed by atoms with Crippen molar-refractivity contribution in [3.63, 3.8) is 0 Å². The maximum absolute atomic E-state index is 6.14. The molecule has 0 fully saturated rings. The Morgan fingerprint density at radius 1 is 0.649 bits per heavy atom. The van der Waals surface area contributed by atoms with Crippen molar-refractivity contribution >= 4 is 23.2 Å². The van der Waals surface area contributed by atoms with Crippen molar-refractivity contribution < 1.29 is 9.47 Å². The number of aromatic nitrogens is 3. The lowest BCUT2D eigenvalue weighted by molar-refractivity contribution is 0.166. The van der Waals surface area contributed by atoms with Crippen molar-refractivity contribution in [1.82, 2.24) is 15.0 Å². The van der Waals surface area contributed by atoms with E-state index in [0.717, 1.165) is 40.0 Å². The van der Waals surface area contributed by atoms with Crippen LogP contribution in [0.15, 0.2) is 115 Å². The van der Waals surface area contributed by atoms with E-state index in [4.69, 9.17) is 9.47 Å². The van der Waals surface area contributed by atoms with Crippen molar-refractivity contribution in [2.45, 2.75) is 6.42 Å². The van der Waals surface area contributed by atoms with E-state index in [1.807, 2.05) is 78.9 Å². The maximum atomic E-state index is 6.14. The Morgan fingerprint density at radius 2 is 1.24 bits per heavy atom. The number of rotatable bonds is 11. The van der Waals surface area contributed by atoms with Gasteiger partial charge in [-0.15, -0.1) is 15.0 Å². The van der Waals surface area contributed by atoms with Crippen molar-refractivity contribution in [1.29, 1.82) is 0 Å². The molecule has 37 heavy (non-hydrogen) atoms. The molecule has 5 heteroatoms. The summed E-state index contributed by atoms with van der Waals surface area (Å²) in [5, 5.41) is 9.35. The van der Waals surface area contributed by atoms with Crippen LogP contribution >= 0.6 is 0 Å². The largest absolute Gasteiger partial charge is 0.487 e. The van der Waals surface area contributed by atoms with Gasteiger partial charge in [-0.2, -0.15) is 0 Å². The zero-order valence-electron chi connectivity index (χ0n) is 20.6. The number of fused-ring (bicyclic) bond motifs is 1. The van der Waals surface area contributed by atoms with E-state index in [2.05, 4.69) is 58.7 Å². The molecule has 1 heterocycles. The van der Waals surface area contributed by atoms with Crippen LogP contribution in [0, 0.1) is 0 Å². The summed E-state index contributed by atoms with van der Waals surface area (Å²) >= 11 is 0. The Morgan fingerprint density at radius 3 is 1.89 bits per heavy atom. The molecule has 0 aliphatic rings. The summed E-state index contributed by atoms with van der Waals surface area (Å²) < 4.78 is 12.0. The third-order valence-corrected chi connectivity index (χ3v) is 5.83. The van der Waals surface area contributed by atoms with E-state index >= 15 is 0 Å². The van der Waals surface area contributed by atoms with Gasteiger partial charge in [0.05, 0.1) is 13.2 Å². The van der Waals surface area contributed by atoms with E-state index in [9.17, 15) is 0 Å². The van der Waals surface area contributed by atoms with Crippen molar-refractivity contribution in [2.24, 2.45) is 0 Å². The molecule has 0 unspecified atom stereocenters. The number of hydrogen-bond donors (Lipinski definition) is 0. The van der Waals surface area contributed by atoms with Crippen LogP contribution in [0.1, 0.15) is 16.7 Å². The highest BCUT2D eigenvalue weighted by atomic mass is 16.5. The number of hydrogen-bond acceptors (Lipinski definition) is 4. The van der Waals surface area contributed by atoms with Crippen LogP contribution in [0.2, 0.25) is 0 Å². The Labute approximate surface area is 217 Å². The quantitative estimate of drug-likeness (QED) is 0.193. The summed E-state index contributed by atoms with van der Waals surface area (Å²) in [4.78, 5) is 1.66. The van der Waals surface area contributed by atoms with Crippen LogP contribution in [0.25, 0.3) is 28.9 Å². The van der Waals surface area contributed by atoms with Gasteiger partial charge in [0.25, 0.3) is 0 Å². The molecule has 0 aliphatic heterocycles. The molecule has 184 valence electrons. The summed E-state index contributed by atoms with van der Waals surface area (Å²) in [6, 6.07) is 34.4. The monoisotopic (exact) mass is 487 g/mol. The van der Waals surface area contributed by atoms with Crippen LogP contribution in [-0.2, 0) is 11.2 Å². The standard InChI is InChI=1S/C32H29N3O2/c1-3-11-26(12-4-1)15-9-22-36-24-21-28-19-20-32(37-23-10-16-27-13-5-2-6-14-27)31(25-28)35-33-29-17-7-8-18-30(29)34-35/h1-20,25H,21-24H2. The highest BCUT2D eigenvalue weighted by Gasteiger charge is 2.11. The Hall–Kier alpha value is -4.48. The molecule has 0 saturated carbocycles. The normalized spacial score (nSPS) is 11.6. The fraction of sp³-hybridized carbons (Fsp3) is 0.125. The van der Waals surface area contributed by atoms with Crippen LogP contribution < -0.4 is 4.74 Å². The highest BCUT2D eigenvalue weighted by Crippen LogP contribution is 2.25. The third kappa shape index (κ3) is 6.81. The molecule has 4 aromatic carbocycles. The van der Waals surface area contributed by atoms with Gasteiger partial charge in [-0.3, -0.25) is 0 Å². The fourth-order valence-corrected chi connectivity index (χ4v) is 3.94. The number of ether oxygens (including phenoxy) is 2. The maximum Gasteiger partial charge on any atom is 0.147 e. The summed E-state index contributed by atoms with van der Waals surface area (Å²) in [7, 11) is 0. The third-order valence-electron chi connectivity index (χ3n) is 5.83. The van der Waals surface area contributed by atoms with Gasteiger partial charge >= 0.3 is 0 Å². The minimum absolute atomic E-state index is 0.443. The molecule has 5 rings (SSSR count). The van der Waals surface area contributed by atoms with Gasteiger partial charge in [-0.25, -0.2) is 0 Å². The smallest absolute Gasteiger partial charge is 0.147 e. The molecule has 5 nitrogen and oxygen atoms in total. The van der Waals surface area contributed by atoms with Gasteiger partial charge in [0.2, 0.25) is 0 Å².